The quantitative estimate of drug-likeness (QED) is 0.694. The Labute approximate surface area is 140 Å². The summed E-state index contributed by atoms with van der Waals surface area (Å²) in [4.78, 5) is 4.58. The predicted molar refractivity (Wildman–Crippen MR) is 92.6 cm³/mol. The van der Waals surface area contributed by atoms with Gasteiger partial charge in [0, 0.05) is 19.6 Å². The van der Waals surface area contributed by atoms with Gasteiger partial charge in [-0.2, -0.15) is 0 Å². The van der Waals surface area contributed by atoms with Crippen molar-refractivity contribution in [2.75, 3.05) is 67.2 Å². The van der Waals surface area contributed by atoms with Crippen molar-refractivity contribution in [1.82, 2.24) is 9.80 Å². The normalized spacial score (nSPS) is 15.8. The van der Waals surface area contributed by atoms with Gasteiger partial charge in [-0.3, -0.25) is 4.90 Å². The number of hydrogen-bond acceptors (Lipinski definition) is 5. The lowest BCUT2D eigenvalue weighted by molar-refractivity contribution is 0.0321. The van der Waals surface area contributed by atoms with Crippen LogP contribution in [0.15, 0.2) is 18.2 Å². The van der Waals surface area contributed by atoms with Gasteiger partial charge in [-0.25, -0.2) is 0 Å². The summed E-state index contributed by atoms with van der Waals surface area (Å²) in [5.41, 5.74) is 1.30. The Bertz CT molecular complexity index is 460. The molecular formula is C18H30N2O3. The van der Waals surface area contributed by atoms with Crippen LogP contribution in [-0.2, 0) is 11.2 Å². The standard InChI is InChI=1S/C18H30N2O3/c1-19(2)8-4-5-16-6-7-17(18(15-16)21-3)23-14-11-20-9-12-22-13-10-20/h6-7,15H,4-5,8-14H2,1-3H3. The van der Waals surface area contributed by atoms with Crippen molar-refractivity contribution in [1.29, 1.82) is 0 Å². The van der Waals surface area contributed by atoms with Crippen LogP contribution in [0.1, 0.15) is 12.0 Å². The Morgan fingerprint density at radius 2 is 1.96 bits per heavy atom. The van der Waals surface area contributed by atoms with E-state index in [2.05, 4.69) is 36.0 Å². The van der Waals surface area contributed by atoms with Crippen molar-refractivity contribution in [2.45, 2.75) is 12.8 Å². The molecule has 0 unspecified atom stereocenters. The molecule has 0 radical (unpaired) electrons. The molecule has 1 aromatic carbocycles. The maximum Gasteiger partial charge on any atom is 0.161 e. The number of methoxy groups -OCH3 is 1. The van der Waals surface area contributed by atoms with Gasteiger partial charge in [0.25, 0.3) is 0 Å². The summed E-state index contributed by atoms with van der Waals surface area (Å²) in [5.74, 6) is 1.66. The van der Waals surface area contributed by atoms with Crippen LogP contribution in [-0.4, -0.2) is 77.0 Å². The highest BCUT2D eigenvalue weighted by Crippen LogP contribution is 2.28. The second kappa shape index (κ2) is 9.75. The van der Waals surface area contributed by atoms with Crippen LogP contribution in [0, 0.1) is 0 Å². The van der Waals surface area contributed by atoms with E-state index in [1.54, 1.807) is 7.11 Å². The van der Waals surface area contributed by atoms with Gasteiger partial charge in [0.15, 0.2) is 11.5 Å². The van der Waals surface area contributed by atoms with E-state index in [1.807, 2.05) is 6.07 Å². The second-order valence-electron chi connectivity index (χ2n) is 6.19. The Balaban J connectivity index is 1.81. The van der Waals surface area contributed by atoms with Gasteiger partial charge in [-0.15, -0.1) is 0 Å². The summed E-state index contributed by atoms with van der Waals surface area (Å²) in [6, 6.07) is 6.27. The first-order chi connectivity index (χ1) is 11.2. The van der Waals surface area contributed by atoms with Crippen molar-refractivity contribution in [2.24, 2.45) is 0 Å². The molecule has 2 rings (SSSR count). The lowest BCUT2D eigenvalue weighted by Gasteiger charge is -2.26. The van der Waals surface area contributed by atoms with Gasteiger partial charge in [0.1, 0.15) is 6.61 Å². The molecule has 1 fully saturated rings. The largest absolute Gasteiger partial charge is 0.493 e. The highest BCUT2D eigenvalue weighted by molar-refractivity contribution is 5.43. The Morgan fingerprint density at radius 3 is 2.65 bits per heavy atom. The minimum atomic E-state index is 0.677. The van der Waals surface area contributed by atoms with Crippen LogP contribution < -0.4 is 9.47 Å². The predicted octanol–water partition coefficient (Wildman–Crippen LogP) is 1.90. The van der Waals surface area contributed by atoms with Gasteiger partial charge in [-0.05, 0) is 51.2 Å². The molecule has 5 heteroatoms. The average Bonchev–Trinajstić information content (AvgIpc) is 2.56. The first-order valence-electron chi connectivity index (χ1n) is 8.43. The zero-order chi connectivity index (χ0) is 16.5. The number of hydrogen-bond donors (Lipinski definition) is 0. The van der Waals surface area contributed by atoms with E-state index in [1.165, 1.54) is 5.56 Å². The summed E-state index contributed by atoms with van der Waals surface area (Å²) in [7, 11) is 5.91. The molecule has 0 amide bonds. The van der Waals surface area contributed by atoms with Crippen molar-refractivity contribution in [3.8, 4) is 11.5 Å². The first kappa shape index (κ1) is 18.0. The number of ether oxygens (including phenoxy) is 3. The molecule has 0 N–H and O–H groups in total. The molecule has 1 aliphatic rings. The first-order valence-corrected chi connectivity index (χ1v) is 8.43. The van der Waals surface area contributed by atoms with Gasteiger partial charge in [0.05, 0.1) is 20.3 Å². The van der Waals surface area contributed by atoms with Crippen LogP contribution in [0.4, 0.5) is 0 Å². The second-order valence-corrected chi connectivity index (χ2v) is 6.19. The van der Waals surface area contributed by atoms with E-state index in [0.717, 1.165) is 63.7 Å². The van der Waals surface area contributed by atoms with Crippen LogP contribution >= 0.6 is 0 Å². The third kappa shape index (κ3) is 6.37. The maximum atomic E-state index is 5.91. The van der Waals surface area contributed by atoms with Gasteiger partial charge < -0.3 is 19.1 Å². The minimum absolute atomic E-state index is 0.677. The van der Waals surface area contributed by atoms with E-state index in [-0.39, 0.29) is 0 Å². The van der Waals surface area contributed by atoms with Crippen LogP contribution in [0.5, 0.6) is 11.5 Å². The Hall–Kier alpha value is -1.30. The third-order valence-electron chi connectivity index (χ3n) is 4.07. The molecule has 1 heterocycles. The topological polar surface area (TPSA) is 34.2 Å². The molecule has 1 aliphatic heterocycles. The summed E-state index contributed by atoms with van der Waals surface area (Å²) < 4.78 is 16.8. The van der Waals surface area contributed by atoms with Gasteiger partial charge in [-0.1, -0.05) is 6.07 Å². The fourth-order valence-electron chi connectivity index (χ4n) is 2.70. The SMILES string of the molecule is COc1cc(CCCN(C)C)ccc1OCCN1CCOCC1. The summed E-state index contributed by atoms with van der Waals surface area (Å²) in [6.07, 6.45) is 2.20. The molecule has 0 spiro atoms. The molecular weight excluding hydrogens is 292 g/mol. The summed E-state index contributed by atoms with van der Waals surface area (Å²) in [6.45, 7) is 6.33. The lowest BCUT2D eigenvalue weighted by Crippen LogP contribution is -2.38. The Morgan fingerprint density at radius 1 is 1.17 bits per heavy atom. The Kier molecular flexibility index (Phi) is 7.65. The number of morpholine rings is 1. The van der Waals surface area contributed by atoms with Gasteiger partial charge >= 0.3 is 0 Å². The van der Waals surface area contributed by atoms with Crippen molar-refractivity contribution < 1.29 is 14.2 Å². The third-order valence-corrected chi connectivity index (χ3v) is 4.07. The van der Waals surface area contributed by atoms with E-state index in [0.29, 0.717) is 6.61 Å². The molecule has 23 heavy (non-hydrogen) atoms. The van der Waals surface area contributed by atoms with Crippen LogP contribution in [0.25, 0.3) is 0 Å². The fourth-order valence-corrected chi connectivity index (χ4v) is 2.70. The number of nitrogens with zero attached hydrogens (tertiary/aromatic N) is 2. The minimum Gasteiger partial charge on any atom is -0.493 e. The average molecular weight is 322 g/mol. The highest BCUT2D eigenvalue weighted by Gasteiger charge is 2.11. The molecule has 0 aromatic heterocycles. The zero-order valence-corrected chi connectivity index (χ0v) is 14.7. The monoisotopic (exact) mass is 322 g/mol. The van der Waals surface area contributed by atoms with E-state index >= 15 is 0 Å². The zero-order valence-electron chi connectivity index (χ0n) is 14.7. The number of rotatable bonds is 9. The van der Waals surface area contributed by atoms with Crippen molar-refractivity contribution in [3.63, 3.8) is 0 Å². The number of aryl methyl sites for hydroxylation is 1. The molecule has 1 saturated heterocycles. The molecule has 1 aromatic rings. The number of benzene rings is 1. The van der Waals surface area contributed by atoms with E-state index < -0.39 is 0 Å². The lowest BCUT2D eigenvalue weighted by atomic mass is 10.1. The van der Waals surface area contributed by atoms with E-state index in [4.69, 9.17) is 14.2 Å². The summed E-state index contributed by atoms with van der Waals surface area (Å²) >= 11 is 0. The fraction of sp³-hybridized carbons (Fsp3) is 0.667. The molecule has 5 nitrogen and oxygen atoms in total. The molecule has 0 bridgehead atoms. The highest BCUT2D eigenvalue weighted by atomic mass is 16.5. The molecule has 0 atom stereocenters. The molecule has 0 aliphatic carbocycles. The maximum absolute atomic E-state index is 5.91. The van der Waals surface area contributed by atoms with Crippen molar-refractivity contribution >= 4 is 0 Å². The van der Waals surface area contributed by atoms with Crippen LogP contribution in [0.3, 0.4) is 0 Å². The molecule has 0 saturated carbocycles. The van der Waals surface area contributed by atoms with Gasteiger partial charge in [0.2, 0.25) is 0 Å². The van der Waals surface area contributed by atoms with E-state index in [9.17, 15) is 0 Å². The van der Waals surface area contributed by atoms with Crippen molar-refractivity contribution in [3.05, 3.63) is 23.8 Å². The van der Waals surface area contributed by atoms with Crippen LogP contribution in [0.2, 0.25) is 0 Å². The summed E-state index contributed by atoms with van der Waals surface area (Å²) in [5, 5.41) is 0. The smallest absolute Gasteiger partial charge is 0.161 e. The molecule has 130 valence electrons.